The number of hydrogen-bond donors (Lipinski definition) is 2. The monoisotopic (exact) mass is 253 g/mol. The van der Waals surface area contributed by atoms with Crippen molar-refractivity contribution in [3.63, 3.8) is 0 Å². The third-order valence-corrected chi connectivity index (χ3v) is 3.01. The molecule has 0 spiro atoms. The molecule has 0 saturated heterocycles. The third kappa shape index (κ3) is 5.43. The molecule has 0 aliphatic carbocycles. The van der Waals surface area contributed by atoms with Crippen LogP contribution in [0.3, 0.4) is 0 Å². The van der Waals surface area contributed by atoms with E-state index < -0.39 is 10.1 Å². The molecule has 3 N–H and O–H groups in total. The molecule has 1 rings (SSSR count). The molecule has 0 aliphatic rings. The Balaban J connectivity index is 0.00000225. The van der Waals surface area contributed by atoms with Gasteiger partial charge < -0.3 is 5.73 Å². The quantitative estimate of drug-likeness (QED) is 0.456. The summed E-state index contributed by atoms with van der Waals surface area (Å²) in [6.45, 7) is 0.670. The second kappa shape index (κ2) is 7.42. The third-order valence-electron chi connectivity index (χ3n) is 2.14. The van der Waals surface area contributed by atoms with E-state index in [0.717, 1.165) is 24.8 Å². The number of hydrogen-bond acceptors (Lipinski definition) is 3. The number of rotatable bonds is 5. The Labute approximate surface area is 118 Å². The van der Waals surface area contributed by atoms with Gasteiger partial charge in [0.15, 0.2) is 0 Å². The van der Waals surface area contributed by atoms with Gasteiger partial charge in [-0.05, 0) is 43.5 Å². The molecule has 86 valence electrons. The van der Waals surface area contributed by atoms with Gasteiger partial charge in [-0.25, -0.2) is 0 Å². The van der Waals surface area contributed by atoms with Gasteiger partial charge in [0.1, 0.15) is 0 Å². The van der Waals surface area contributed by atoms with Gasteiger partial charge in [0.05, 0.1) is 4.90 Å². The summed E-state index contributed by atoms with van der Waals surface area (Å²) < 4.78 is 30.2. The topological polar surface area (TPSA) is 80.4 Å². The first-order chi connectivity index (χ1) is 7.04. The number of aryl methyl sites for hydroxylation is 1. The average molecular weight is 253 g/mol. The fraction of sp³-hybridized carbons (Fsp3) is 0.400. The van der Waals surface area contributed by atoms with Crippen LogP contribution in [0.25, 0.3) is 0 Å². The summed E-state index contributed by atoms with van der Waals surface area (Å²) in [5.74, 6) is 0. The fourth-order valence-corrected chi connectivity index (χ4v) is 1.78. The first-order valence-corrected chi connectivity index (χ1v) is 6.24. The summed E-state index contributed by atoms with van der Waals surface area (Å²) in [5, 5.41) is 0. The van der Waals surface area contributed by atoms with Gasteiger partial charge in [0.25, 0.3) is 10.1 Å². The molecule has 0 unspecified atom stereocenters. The van der Waals surface area contributed by atoms with E-state index in [-0.39, 0.29) is 34.5 Å². The van der Waals surface area contributed by atoms with E-state index in [1.165, 1.54) is 12.1 Å². The summed E-state index contributed by atoms with van der Waals surface area (Å²) >= 11 is 0. The van der Waals surface area contributed by atoms with Crippen LogP contribution >= 0.6 is 0 Å². The minimum absolute atomic E-state index is 0. The van der Waals surface area contributed by atoms with Crippen molar-refractivity contribution in [1.82, 2.24) is 0 Å². The molecular formula is C10H16NNaO3S. The van der Waals surface area contributed by atoms with Crippen LogP contribution in [0.2, 0.25) is 0 Å². The van der Waals surface area contributed by atoms with Gasteiger partial charge in [-0.2, -0.15) is 8.42 Å². The van der Waals surface area contributed by atoms with E-state index >= 15 is 0 Å². The molecule has 0 saturated carbocycles. The van der Waals surface area contributed by atoms with Gasteiger partial charge in [-0.3, -0.25) is 4.55 Å². The van der Waals surface area contributed by atoms with Gasteiger partial charge in [-0.15, -0.1) is 0 Å². The first kappa shape index (κ1) is 16.1. The Kier molecular flexibility index (Phi) is 7.46. The predicted octanol–water partition coefficient (Wildman–Crippen LogP) is 0.566. The second-order valence-corrected chi connectivity index (χ2v) is 4.79. The fourth-order valence-electron chi connectivity index (χ4n) is 1.30. The van der Waals surface area contributed by atoms with Crippen LogP contribution in [0.15, 0.2) is 29.2 Å². The molecule has 0 radical (unpaired) electrons. The number of benzene rings is 1. The molecular weight excluding hydrogens is 237 g/mol. The van der Waals surface area contributed by atoms with E-state index in [1.807, 2.05) is 0 Å². The molecule has 0 aliphatic heterocycles. The Morgan fingerprint density at radius 1 is 1.12 bits per heavy atom. The zero-order valence-electron chi connectivity index (χ0n) is 8.39. The summed E-state index contributed by atoms with van der Waals surface area (Å²) in [4.78, 5) is -0.0647. The second-order valence-electron chi connectivity index (χ2n) is 3.36. The van der Waals surface area contributed by atoms with Crippen molar-refractivity contribution >= 4 is 39.7 Å². The minimum atomic E-state index is -4.06. The van der Waals surface area contributed by atoms with E-state index in [9.17, 15) is 8.42 Å². The van der Waals surface area contributed by atoms with E-state index in [4.69, 9.17) is 10.3 Å². The van der Waals surface area contributed by atoms with Crippen molar-refractivity contribution < 1.29 is 13.0 Å². The van der Waals surface area contributed by atoms with Crippen LogP contribution < -0.4 is 5.73 Å². The molecule has 6 heteroatoms. The van der Waals surface area contributed by atoms with Gasteiger partial charge in [-0.1, -0.05) is 12.1 Å². The van der Waals surface area contributed by atoms with Crippen LogP contribution in [0.4, 0.5) is 0 Å². The van der Waals surface area contributed by atoms with Crippen LogP contribution in [-0.4, -0.2) is 49.1 Å². The Morgan fingerprint density at radius 2 is 1.69 bits per heavy atom. The van der Waals surface area contributed by atoms with Crippen molar-refractivity contribution in [2.24, 2.45) is 5.73 Å². The maximum absolute atomic E-state index is 10.7. The molecule has 0 bridgehead atoms. The summed E-state index contributed by atoms with van der Waals surface area (Å²) in [5.41, 5.74) is 6.41. The van der Waals surface area contributed by atoms with Gasteiger partial charge in [0.2, 0.25) is 0 Å². The van der Waals surface area contributed by atoms with Gasteiger partial charge >= 0.3 is 29.6 Å². The molecule has 0 fully saturated rings. The SMILES string of the molecule is NCCCCc1ccc(S(=O)(=O)O)cc1.[NaH]. The molecule has 16 heavy (non-hydrogen) atoms. The number of nitrogens with two attached hydrogens (primary N) is 1. The van der Waals surface area contributed by atoms with Crippen LogP contribution in [0.1, 0.15) is 18.4 Å². The molecule has 0 atom stereocenters. The van der Waals surface area contributed by atoms with E-state index in [2.05, 4.69) is 0 Å². The zero-order chi connectivity index (χ0) is 11.3. The Morgan fingerprint density at radius 3 is 2.12 bits per heavy atom. The molecule has 0 heterocycles. The maximum atomic E-state index is 10.7. The van der Waals surface area contributed by atoms with Crippen molar-refractivity contribution in [1.29, 1.82) is 0 Å². The number of unbranched alkanes of at least 4 members (excludes halogenated alkanes) is 1. The van der Waals surface area contributed by atoms with E-state index in [1.54, 1.807) is 12.1 Å². The van der Waals surface area contributed by atoms with Crippen LogP contribution in [0, 0.1) is 0 Å². The molecule has 0 amide bonds. The molecule has 1 aromatic rings. The van der Waals surface area contributed by atoms with Crippen molar-refractivity contribution in [2.75, 3.05) is 6.54 Å². The standard InChI is InChI=1S/C10H15NO3S.Na.H/c11-8-2-1-3-9-4-6-10(7-5-9)15(12,13)14;;/h4-7H,1-3,8,11H2,(H,12,13,14);;. The Hall–Kier alpha value is 0.0900. The summed E-state index contributed by atoms with van der Waals surface area (Å²) in [6.07, 6.45) is 2.82. The van der Waals surface area contributed by atoms with Crippen LogP contribution in [-0.2, 0) is 16.5 Å². The summed E-state index contributed by atoms with van der Waals surface area (Å²) in [7, 11) is -4.06. The van der Waals surface area contributed by atoms with Crippen molar-refractivity contribution in [3.05, 3.63) is 29.8 Å². The van der Waals surface area contributed by atoms with Gasteiger partial charge in [0, 0.05) is 0 Å². The van der Waals surface area contributed by atoms with Crippen molar-refractivity contribution in [3.8, 4) is 0 Å². The van der Waals surface area contributed by atoms with E-state index in [0.29, 0.717) is 6.54 Å². The predicted molar refractivity (Wildman–Crippen MR) is 65.4 cm³/mol. The Bertz CT molecular complexity index is 403. The molecule has 1 aromatic carbocycles. The first-order valence-electron chi connectivity index (χ1n) is 4.80. The molecule has 0 aromatic heterocycles. The van der Waals surface area contributed by atoms with Crippen LogP contribution in [0.5, 0.6) is 0 Å². The normalized spacial score (nSPS) is 10.9. The van der Waals surface area contributed by atoms with Crippen molar-refractivity contribution in [2.45, 2.75) is 24.2 Å². The summed E-state index contributed by atoms with van der Waals surface area (Å²) in [6, 6.07) is 6.24. The zero-order valence-corrected chi connectivity index (χ0v) is 9.20. The molecule has 4 nitrogen and oxygen atoms in total. The average Bonchev–Trinajstić information content (AvgIpc) is 2.18.